The molecule has 2 aromatic carbocycles. The molecule has 0 N–H and O–H groups in total. The fourth-order valence-electron chi connectivity index (χ4n) is 2.24. The van der Waals surface area contributed by atoms with Crippen molar-refractivity contribution in [2.75, 3.05) is 27.2 Å². The van der Waals surface area contributed by atoms with Crippen molar-refractivity contribution in [1.82, 2.24) is 9.21 Å². The monoisotopic (exact) mass is 422 g/mol. The van der Waals surface area contributed by atoms with E-state index in [9.17, 15) is 8.42 Å². The van der Waals surface area contributed by atoms with Crippen molar-refractivity contribution >= 4 is 45.6 Å². The molecule has 0 saturated carbocycles. The maximum Gasteiger partial charge on any atom is 0.246 e. The average molecular weight is 424 g/mol. The maximum absolute atomic E-state index is 13.1. The summed E-state index contributed by atoms with van der Waals surface area (Å²) in [6, 6.07) is 14.2. The Morgan fingerprint density at radius 2 is 1.44 bits per heavy atom. The molecule has 0 saturated heterocycles. The van der Waals surface area contributed by atoms with E-state index >= 15 is 0 Å². The first kappa shape index (κ1) is 22.2. The molecule has 0 aliphatic carbocycles. The Labute approximate surface area is 165 Å². The van der Waals surface area contributed by atoms with Crippen molar-refractivity contribution in [2.45, 2.75) is 11.4 Å². The molecule has 0 aromatic heterocycles. The SMILES string of the molecule is CN(C)CCN(Cc1ccccc1)S(=O)(=O)c1c(Cl)cccc1Cl.Cl. The van der Waals surface area contributed by atoms with Crippen molar-refractivity contribution in [1.29, 1.82) is 0 Å². The lowest BCUT2D eigenvalue weighted by molar-refractivity contribution is 0.329. The third kappa shape index (κ3) is 5.84. The summed E-state index contributed by atoms with van der Waals surface area (Å²) in [7, 11) is -0.0163. The minimum absolute atomic E-state index is 0. The zero-order valence-corrected chi connectivity index (χ0v) is 17.2. The maximum atomic E-state index is 13.1. The van der Waals surface area contributed by atoms with Crippen molar-refractivity contribution < 1.29 is 8.42 Å². The number of halogens is 3. The number of sulfonamides is 1. The van der Waals surface area contributed by atoms with Gasteiger partial charge in [0.1, 0.15) is 4.90 Å². The zero-order valence-electron chi connectivity index (χ0n) is 14.0. The summed E-state index contributed by atoms with van der Waals surface area (Å²) in [5.41, 5.74) is 0.906. The standard InChI is InChI=1S/C17H20Cl2N2O2S.ClH/c1-20(2)11-12-21(13-14-7-4-3-5-8-14)24(22,23)17-15(18)9-6-10-16(17)19;/h3-10H,11-13H2,1-2H3;1H. The molecule has 138 valence electrons. The van der Waals surface area contributed by atoms with Crippen molar-refractivity contribution in [3.05, 3.63) is 64.1 Å². The van der Waals surface area contributed by atoms with Crippen LogP contribution < -0.4 is 0 Å². The van der Waals surface area contributed by atoms with Crippen LogP contribution in [-0.2, 0) is 16.6 Å². The van der Waals surface area contributed by atoms with Gasteiger partial charge in [-0.2, -0.15) is 4.31 Å². The Kier molecular flexibility index (Phi) is 8.68. The van der Waals surface area contributed by atoms with Crippen LogP contribution >= 0.6 is 35.6 Å². The number of likely N-dealkylation sites (N-methyl/N-ethyl adjacent to an activating group) is 1. The second-order valence-electron chi connectivity index (χ2n) is 5.68. The van der Waals surface area contributed by atoms with Crippen molar-refractivity contribution in [3.8, 4) is 0 Å². The van der Waals surface area contributed by atoms with Gasteiger partial charge in [-0.15, -0.1) is 12.4 Å². The van der Waals surface area contributed by atoms with E-state index in [0.717, 1.165) is 5.56 Å². The first-order valence-electron chi connectivity index (χ1n) is 7.45. The summed E-state index contributed by atoms with van der Waals surface area (Å²) in [5, 5.41) is 0.260. The Morgan fingerprint density at radius 3 is 1.96 bits per heavy atom. The molecule has 0 unspecified atom stereocenters. The first-order chi connectivity index (χ1) is 11.3. The third-order valence-corrected chi connectivity index (χ3v) is 6.32. The molecule has 0 radical (unpaired) electrons. The van der Waals surface area contributed by atoms with Crippen LogP contribution in [0.5, 0.6) is 0 Å². The highest BCUT2D eigenvalue weighted by Gasteiger charge is 2.29. The van der Waals surface area contributed by atoms with Gasteiger partial charge in [0.15, 0.2) is 0 Å². The van der Waals surface area contributed by atoms with Crippen LogP contribution in [0.2, 0.25) is 10.0 Å². The average Bonchev–Trinajstić information content (AvgIpc) is 2.51. The van der Waals surface area contributed by atoms with Gasteiger partial charge in [0.2, 0.25) is 10.0 Å². The summed E-state index contributed by atoms with van der Waals surface area (Å²) >= 11 is 12.2. The summed E-state index contributed by atoms with van der Waals surface area (Å²) in [4.78, 5) is 1.89. The molecule has 0 aliphatic heterocycles. The van der Waals surface area contributed by atoms with E-state index in [2.05, 4.69) is 0 Å². The molecule has 0 spiro atoms. The van der Waals surface area contributed by atoms with E-state index < -0.39 is 10.0 Å². The minimum atomic E-state index is -3.81. The number of hydrogen-bond donors (Lipinski definition) is 0. The van der Waals surface area contributed by atoms with Crippen LogP contribution in [0.25, 0.3) is 0 Å². The lowest BCUT2D eigenvalue weighted by Gasteiger charge is -2.25. The Hall–Kier alpha value is -0.820. The summed E-state index contributed by atoms with van der Waals surface area (Å²) in [5.74, 6) is 0. The second kappa shape index (κ2) is 9.76. The predicted molar refractivity (Wildman–Crippen MR) is 106 cm³/mol. The molecule has 0 amide bonds. The number of benzene rings is 2. The Morgan fingerprint density at radius 1 is 0.880 bits per heavy atom. The predicted octanol–water partition coefficient (Wildman–Crippen LogP) is 4.17. The molecule has 2 rings (SSSR count). The molecule has 0 bridgehead atoms. The van der Waals surface area contributed by atoms with Crippen LogP contribution in [0.3, 0.4) is 0 Å². The molecule has 0 heterocycles. The topological polar surface area (TPSA) is 40.6 Å². The van der Waals surface area contributed by atoms with Gasteiger partial charge < -0.3 is 4.90 Å². The van der Waals surface area contributed by atoms with Crippen LogP contribution in [0, 0.1) is 0 Å². The van der Waals surface area contributed by atoms with Crippen molar-refractivity contribution in [3.63, 3.8) is 0 Å². The van der Waals surface area contributed by atoms with Crippen LogP contribution in [-0.4, -0.2) is 44.8 Å². The fourth-order valence-corrected chi connectivity index (χ4v) is 4.75. The highest BCUT2D eigenvalue weighted by atomic mass is 35.5. The molecule has 0 fully saturated rings. The lowest BCUT2D eigenvalue weighted by Crippen LogP contribution is -2.36. The van der Waals surface area contributed by atoms with E-state index in [1.54, 1.807) is 6.07 Å². The van der Waals surface area contributed by atoms with Gasteiger partial charge in [-0.1, -0.05) is 59.6 Å². The molecule has 4 nitrogen and oxygen atoms in total. The highest BCUT2D eigenvalue weighted by molar-refractivity contribution is 7.89. The summed E-state index contributed by atoms with van der Waals surface area (Å²) < 4.78 is 27.7. The number of hydrogen-bond acceptors (Lipinski definition) is 3. The molecular formula is C17H21Cl3N2O2S. The Bertz CT molecular complexity index is 763. The first-order valence-corrected chi connectivity index (χ1v) is 9.65. The van der Waals surface area contributed by atoms with E-state index in [0.29, 0.717) is 13.1 Å². The van der Waals surface area contributed by atoms with Crippen LogP contribution in [0.4, 0.5) is 0 Å². The zero-order chi connectivity index (χ0) is 17.7. The van der Waals surface area contributed by atoms with Crippen LogP contribution in [0.1, 0.15) is 5.56 Å². The van der Waals surface area contributed by atoms with Gasteiger partial charge in [-0.3, -0.25) is 0 Å². The fraction of sp³-hybridized carbons (Fsp3) is 0.294. The number of nitrogens with zero attached hydrogens (tertiary/aromatic N) is 2. The highest BCUT2D eigenvalue weighted by Crippen LogP contribution is 2.32. The molecule has 2 aromatic rings. The number of rotatable bonds is 7. The Balaban J connectivity index is 0.00000312. The summed E-state index contributed by atoms with van der Waals surface area (Å²) in [6.07, 6.45) is 0. The van der Waals surface area contributed by atoms with E-state index in [4.69, 9.17) is 23.2 Å². The third-order valence-electron chi connectivity index (χ3n) is 3.52. The quantitative estimate of drug-likeness (QED) is 0.671. The molecule has 0 aliphatic rings. The summed E-state index contributed by atoms with van der Waals surface area (Å²) in [6.45, 7) is 1.19. The van der Waals surface area contributed by atoms with E-state index in [-0.39, 0.29) is 33.9 Å². The second-order valence-corrected chi connectivity index (χ2v) is 8.37. The normalized spacial score (nSPS) is 11.6. The van der Waals surface area contributed by atoms with Crippen molar-refractivity contribution in [2.24, 2.45) is 0 Å². The smallest absolute Gasteiger partial charge is 0.246 e. The van der Waals surface area contributed by atoms with Gasteiger partial charge in [0, 0.05) is 19.6 Å². The molecule has 25 heavy (non-hydrogen) atoms. The van der Waals surface area contributed by atoms with E-state index in [1.807, 2.05) is 49.3 Å². The van der Waals surface area contributed by atoms with Gasteiger partial charge in [-0.05, 0) is 31.8 Å². The lowest BCUT2D eigenvalue weighted by atomic mass is 10.2. The van der Waals surface area contributed by atoms with E-state index in [1.165, 1.54) is 16.4 Å². The minimum Gasteiger partial charge on any atom is -0.308 e. The van der Waals surface area contributed by atoms with Gasteiger partial charge in [0.25, 0.3) is 0 Å². The largest absolute Gasteiger partial charge is 0.308 e. The van der Waals surface area contributed by atoms with Crippen LogP contribution in [0.15, 0.2) is 53.4 Å². The van der Waals surface area contributed by atoms with Gasteiger partial charge in [-0.25, -0.2) is 8.42 Å². The molecular weight excluding hydrogens is 403 g/mol. The van der Waals surface area contributed by atoms with Gasteiger partial charge in [0.05, 0.1) is 10.0 Å². The molecule has 0 atom stereocenters. The molecule has 8 heteroatoms. The van der Waals surface area contributed by atoms with Gasteiger partial charge >= 0.3 is 0 Å².